The zero-order valence-corrected chi connectivity index (χ0v) is 7.29. The molecular formula is C7H11F3OS. The Hall–Kier alpha value is 0.100. The molecule has 0 bridgehead atoms. The third kappa shape index (κ3) is 2.55. The first-order valence-corrected chi connectivity index (χ1v) is 5.00. The summed E-state index contributed by atoms with van der Waals surface area (Å²) in [5.74, 6) is 0.755. The van der Waals surface area contributed by atoms with E-state index < -0.39 is 18.2 Å². The second-order valence-corrected chi connectivity index (χ2v) is 4.11. The predicted molar refractivity (Wildman–Crippen MR) is 42.1 cm³/mol. The Bertz CT molecular complexity index is 142. The highest BCUT2D eigenvalue weighted by molar-refractivity contribution is 7.99. The van der Waals surface area contributed by atoms with Crippen LogP contribution in [0.2, 0.25) is 0 Å². The molecule has 0 aromatic heterocycles. The van der Waals surface area contributed by atoms with Crippen molar-refractivity contribution in [3.63, 3.8) is 0 Å². The van der Waals surface area contributed by atoms with Gasteiger partial charge < -0.3 is 5.11 Å². The summed E-state index contributed by atoms with van der Waals surface area (Å²) in [6, 6.07) is 0. The summed E-state index contributed by atoms with van der Waals surface area (Å²) in [6.07, 6.45) is -5.29. The van der Waals surface area contributed by atoms with E-state index in [0.717, 1.165) is 12.2 Å². The fraction of sp³-hybridized carbons (Fsp3) is 1.00. The molecule has 0 radical (unpaired) electrons. The van der Waals surface area contributed by atoms with E-state index in [-0.39, 0.29) is 0 Å². The Balaban J connectivity index is 2.45. The average molecular weight is 200 g/mol. The maximum absolute atomic E-state index is 12.0. The standard InChI is InChI=1S/C7H11F3OS/c8-7(9,10)6(11)5-2-1-3-12-4-5/h5-6,11H,1-4H2/t5?,6-/m0/s1. The predicted octanol–water partition coefficient (Wildman–Crippen LogP) is 2.05. The maximum Gasteiger partial charge on any atom is 0.414 e. The highest BCUT2D eigenvalue weighted by Gasteiger charge is 2.43. The van der Waals surface area contributed by atoms with Gasteiger partial charge in [0.2, 0.25) is 0 Å². The molecule has 1 aliphatic heterocycles. The summed E-state index contributed by atoms with van der Waals surface area (Å²) < 4.78 is 35.9. The van der Waals surface area contributed by atoms with E-state index in [1.165, 1.54) is 11.8 Å². The molecule has 1 unspecified atom stereocenters. The van der Waals surface area contributed by atoms with Gasteiger partial charge in [-0.05, 0) is 24.3 Å². The molecule has 1 heterocycles. The molecule has 1 fully saturated rings. The number of thioether (sulfide) groups is 1. The van der Waals surface area contributed by atoms with Crippen molar-refractivity contribution >= 4 is 11.8 Å². The lowest BCUT2D eigenvalue weighted by Crippen LogP contribution is -2.38. The van der Waals surface area contributed by atoms with Gasteiger partial charge in [-0.15, -0.1) is 0 Å². The molecule has 2 atom stereocenters. The Kier molecular flexibility index (Phi) is 3.29. The van der Waals surface area contributed by atoms with E-state index in [2.05, 4.69) is 0 Å². The lowest BCUT2D eigenvalue weighted by molar-refractivity contribution is -0.217. The molecule has 12 heavy (non-hydrogen) atoms. The third-order valence-corrected chi connectivity index (χ3v) is 3.22. The highest BCUT2D eigenvalue weighted by atomic mass is 32.2. The van der Waals surface area contributed by atoms with Gasteiger partial charge in [-0.1, -0.05) is 0 Å². The smallest absolute Gasteiger partial charge is 0.383 e. The van der Waals surface area contributed by atoms with E-state index in [4.69, 9.17) is 5.11 Å². The van der Waals surface area contributed by atoms with Gasteiger partial charge in [-0.2, -0.15) is 24.9 Å². The minimum absolute atomic E-state index is 0.431. The number of aliphatic hydroxyl groups excluding tert-OH is 1. The van der Waals surface area contributed by atoms with Gasteiger partial charge in [0.1, 0.15) is 0 Å². The van der Waals surface area contributed by atoms with Crippen LogP contribution in [-0.4, -0.2) is 28.9 Å². The van der Waals surface area contributed by atoms with Crippen LogP contribution in [0.3, 0.4) is 0 Å². The molecule has 0 aromatic rings. The van der Waals surface area contributed by atoms with Crippen molar-refractivity contribution in [3.05, 3.63) is 0 Å². The van der Waals surface area contributed by atoms with E-state index in [0.29, 0.717) is 12.2 Å². The summed E-state index contributed by atoms with van der Waals surface area (Å²) in [6.45, 7) is 0. The van der Waals surface area contributed by atoms with Crippen LogP contribution in [0.4, 0.5) is 13.2 Å². The van der Waals surface area contributed by atoms with Crippen molar-refractivity contribution in [1.82, 2.24) is 0 Å². The molecule has 0 aliphatic carbocycles. The van der Waals surface area contributed by atoms with Crippen molar-refractivity contribution in [3.8, 4) is 0 Å². The minimum atomic E-state index is -4.44. The normalized spacial score (nSPS) is 28.5. The van der Waals surface area contributed by atoms with Gasteiger partial charge in [-0.3, -0.25) is 0 Å². The summed E-state index contributed by atoms with van der Waals surface area (Å²) >= 11 is 1.49. The molecule has 1 saturated heterocycles. The summed E-state index contributed by atoms with van der Waals surface area (Å²) in [4.78, 5) is 0. The molecule has 0 spiro atoms. The number of aliphatic hydroxyl groups is 1. The Morgan fingerprint density at radius 2 is 2.08 bits per heavy atom. The monoisotopic (exact) mass is 200 g/mol. The molecule has 72 valence electrons. The molecule has 0 amide bonds. The first-order chi connectivity index (χ1) is 5.52. The third-order valence-electron chi connectivity index (χ3n) is 1.98. The number of rotatable bonds is 1. The van der Waals surface area contributed by atoms with E-state index in [1.807, 2.05) is 0 Å². The number of alkyl halides is 3. The molecule has 1 aliphatic rings. The Labute approximate surface area is 73.3 Å². The molecular weight excluding hydrogens is 189 g/mol. The van der Waals surface area contributed by atoms with E-state index in [9.17, 15) is 13.2 Å². The van der Waals surface area contributed by atoms with Crippen LogP contribution in [0.25, 0.3) is 0 Å². The van der Waals surface area contributed by atoms with Crippen molar-refractivity contribution < 1.29 is 18.3 Å². The first kappa shape index (κ1) is 10.2. The zero-order valence-electron chi connectivity index (χ0n) is 6.47. The zero-order chi connectivity index (χ0) is 9.19. The Morgan fingerprint density at radius 1 is 1.42 bits per heavy atom. The van der Waals surface area contributed by atoms with Crippen LogP contribution in [0.5, 0.6) is 0 Å². The minimum Gasteiger partial charge on any atom is -0.383 e. The highest BCUT2D eigenvalue weighted by Crippen LogP contribution is 2.33. The van der Waals surface area contributed by atoms with Gasteiger partial charge in [-0.25, -0.2) is 0 Å². The SMILES string of the molecule is O[C@@H](C1CCCSC1)C(F)(F)F. The fourth-order valence-corrected chi connectivity index (χ4v) is 2.47. The van der Waals surface area contributed by atoms with Crippen LogP contribution < -0.4 is 0 Å². The van der Waals surface area contributed by atoms with Crippen LogP contribution in [0, 0.1) is 5.92 Å². The quantitative estimate of drug-likeness (QED) is 0.699. The molecule has 1 rings (SSSR count). The summed E-state index contributed by atoms with van der Waals surface area (Å²) in [5, 5.41) is 8.87. The van der Waals surface area contributed by atoms with Crippen molar-refractivity contribution in [2.75, 3.05) is 11.5 Å². The van der Waals surface area contributed by atoms with Crippen molar-refractivity contribution in [1.29, 1.82) is 0 Å². The molecule has 1 nitrogen and oxygen atoms in total. The first-order valence-electron chi connectivity index (χ1n) is 3.84. The fourth-order valence-electron chi connectivity index (χ4n) is 1.28. The second kappa shape index (κ2) is 3.87. The molecule has 0 saturated carbocycles. The van der Waals surface area contributed by atoms with Crippen LogP contribution in [0.1, 0.15) is 12.8 Å². The van der Waals surface area contributed by atoms with Crippen LogP contribution in [0.15, 0.2) is 0 Å². The summed E-state index contributed by atoms with van der Waals surface area (Å²) in [7, 11) is 0. The van der Waals surface area contributed by atoms with Gasteiger partial charge >= 0.3 is 6.18 Å². The number of hydrogen-bond donors (Lipinski definition) is 1. The molecule has 0 aromatic carbocycles. The number of halogens is 3. The second-order valence-electron chi connectivity index (χ2n) is 2.96. The van der Waals surface area contributed by atoms with E-state index in [1.54, 1.807) is 0 Å². The lowest BCUT2D eigenvalue weighted by Gasteiger charge is -2.27. The lowest BCUT2D eigenvalue weighted by atomic mass is 9.98. The largest absolute Gasteiger partial charge is 0.414 e. The van der Waals surface area contributed by atoms with Gasteiger partial charge in [0, 0.05) is 5.92 Å². The van der Waals surface area contributed by atoms with Gasteiger partial charge in [0.15, 0.2) is 6.10 Å². The maximum atomic E-state index is 12.0. The topological polar surface area (TPSA) is 20.2 Å². The van der Waals surface area contributed by atoms with E-state index >= 15 is 0 Å². The average Bonchev–Trinajstić information content (AvgIpc) is 2.03. The Morgan fingerprint density at radius 3 is 2.50 bits per heavy atom. The van der Waals surface area contributed by atoms with Crippen LogP contribution in [-0.2, 0) is 0 Å². The number of hydrogen-bond acceptors (Lipinski definition) is 2. The van der Waals surface area contributed by atoms with Crippen LogP contribution >= 0.6 is 11.8 Å². The van der Waals surface area contributed by atoms with Gasteiger partial charge in [0.05, 0.1) is 0 Å². The van der Waals surface area contributed by atoms with Gasteiger partial charge in [0.25, 0.3) is 0 Å². The molecule has 1 N–H and O–H groups in total. The van der Waals surface area contributed by atoms with Crippen molar-refractivity contribution in [2.24, 2.45) is 5.92 Å². The molecule has 5 heteroatoms. The van der Waals surface area contributed by atoms with Crippen molar-refractivity contribution in [2.45, 2.75) is 25.1 Å². The summed E-state index contributed by atoms with van der Waals surface area (Å²) in [5.41, 5.74) is 0.